The van der Waals surface area contributed by atoms with E-state index in [1.54, 1.807) is 23.4 Å². The van der Waals surface area contributed by atoms with Crippen LogP contribution in [0.5, 0.6) is 0 Å². The Morgan fingerprint density at radius 1 is 1.54 bits per heavy atom. The Labute approximate surface area is 76.2 Å². The molecule has 0 aliphatic heterocycles. The van der Waals surface area contributed by atoms with Crippen molar-refractivity contribution in [2.75, 3.05) is 5.32 Å². The molecule has 2 rings (SSSR count). The smallest absolute Gasteiger partial charge is 0.124 e. The fourth-order valence-electron chi connectivity index (χ4n) is 1.13. The molecular weight excluding hydrogens is 166 g/mol. The molecule has 0 spiro atoms. The van der Waals surface area contributed by atoms with Crippen molar-refractivity contribution < 1.29 is 4.42 Å². The first-order valence-electron chi connectivity index (χ1n) is 4.09. The van der Waals surface area contributed by atoms with E-state index in [1.165, 1.54) is 0 Å². The van der Waals surface area contributed by atoms with Crippen LogP contribution >= 0.6 is 0 Å². The van der Waals surface area contributed by atoms with Gasteiger partial charge in [0, 0.05) is 25.2 Å². The summed E-state index contributed by atoms with van der Waals surface area (Å²) in [7, 11) is 1.90. The lowest BCUT2D eigenvalue weighted by atomic mass is 10.3. The van der Waals surface area contributed by atoms with Gasteiger partial charge < -0.3 is 9.73 Å². The zero-order valence-corrected chi connectivity index (χ0v) is 7.40. The van der Waals surface area contributed by atoms with Crippen molar-refractivity contribution >= 4 is 5.82 Å². The van der Waals surface area contributed by atoms with Crippen molar-refractivity contribution in [3.63, 3.8) is 0 Å². The quantitative estimate of drug-likeness (QED) is 0.774. The third kappa shape index (κ3) is 1.72. The highest BCUT2D eigenvalue weighted by Crippen LogP contribution is 2.07. The number of aryl methyl sites for hydroxylation is 1. The summed E-state index contributed by atoms with van der Waals surface area (Å²) in [4.78, 5) is 0. The van der Waals surface area contributed by atoms with Crippen molar-refractivity contribution in [2.45, 2.75) is 6.54 Å². The lowest BCUT2D eigenvalue weighted by Crippen LogP contribution is -2.03. The molecule has 0 bridgehead atoms. The first-order chi connectivity index (χ1) is 6.36. The lowest BCUT2D eigenvalue weighted by Gasteiger charge is -2.03. The second-order valence-corrected chi connectivity index (χ2v) is 2.83. The van der Waals surface area contributed by atoms with Gasteiger partial charge >= 0.3 is 0 Å². The molecule has 0 saturated carbocycles. The average Bonchev–Trinajstić information content (AvgIpc) is 2.72. The summed E-state index contributed by atoms with van der Waals surface area (Å²) in [6.45, 7) is 0.760. The van der Waals surface area contributed by atoms with Crippen LogP contribution in [-0.2, 0) is 13.6 Å². The molecule has 0 aliphatic rings. The van der Waals surface area contributed by atoms with Crippen LogP contribution in [0.15, 0.2) is 35.3 Å². The van der Waals surface area contributed by atoms with Gasteiger partial charge in [-0.25, -0.2) is 0 Å². The largest absolute Gasteiger partial charge is 0.472 e. The minimum absolute atomic E-state index is 0.760. The summed E-state index contributed by atoms with van der Waals surface area (Å²) in [5.74, 6) is 1.00. The molecule has 0 aromatic carbocycles. The summed E-state index contributed by atoms with van der Waals surface area (Å²) in [6, 6.07) is 3.86. The van der Waals surface area contributed by atoms with E-state index in [4.69, 9.17) is 4.42 Å². The number of aromatic nitrogens is 2. The molecule has 4 heteroatoms. The van der Waals surface area contributed by atoms with E-state index in [2.05, 4.69) is 10.4 Å². The first-order valence-corrected chi connectivity index (χ1v) is 4.09. The Kier molecular flexibility index (Phi) is 2.04. The van der Waals surface area contributed by atoms with E-state index in [1.807, 2.05) is 19.2 Å². The molecular formula is C9H11N3O. The molecule has 0 fully saturated rings. The van der Waals surface area contributed by atoms with Crippen LogP contribution in [0, 0.1) is 0 Å². The highest BCUT2D eigenvalue weighted by Gasteiger charge is 1.97. The number of rotatable bonds is 3. The zero-order valence-electron chi connectivity index (χ0n) is 7.40. The number of anilines is 1. The lowest BCUT2D eigenvalue weighted by molar-refractivity contribution is 0.564. The Morgan fingerprint density at radius 3 is 3.08 bits per heavy atom. The second-order valence-electron chi connectivity index (χ2n) is 2.83. The van der Waals surface area contributed by atoms with Gasteiger partial charge in [-0.05, 0) is 6.07 Å². The molecule has 0 amide bonds. The van der Waals surface area contributed by atoms with Crippen molar-refractivity contribution in [1.29, 1.82) is 0 Å². The van der Waals surface area contributed by atoms with Crippen LogP contribution in [0.25, 0.3) is 0 Å². The minimum atomic E-state index is 0.760. The minimum Gasteiger partial charge on any atom is -0.472 e. The second kappa shape index (κ2) is 3.35. The van der Waals surface area contributed by atoms with Crippen molar-refractivity contribution in [3.8, 4) is 0 Å². The molecule has 4 nitrogen and oxygen atoms in total. The summed E-state index contributed by atoms with van der Waals surface area (Å²) < 4.78 is 6.74. The Hall–Kier alpha value is -1.71. The number of furan rings is 1. The maximum Gasteiger partial charge on any atom is 0.124 e. The molecule has 2 aromatic heterocycles. The van der Waals surface area contributed by atoms with Crippen molar-refractivity contribution in [3.05, 3.63) is 36.4 Å². The van der Waals surface area contributed by atoms with Crippen molar-refractivity contribution in [2.24, 2.45) is 7.05 Å². The number of hydrogen-bond acceptors (Lipinski definition) is 3. The molecule has 1 N–H and O–H groups in total. The van der Waals surface area contributed by atoms with Crippen molar-refractivity contribution in [1.82, 2.24) is 9.78 Å². The maximum absolute atomic E-state index is 4.95. The molecule has 13 heavy (non-hydrogen) atoms. The van der Waals surface area contributed by atoms with Crippen LogP contribution in [0.2, 0.25) is 0 Å². The third-order valence-corrected chi connectivity index (χ3v) is 1.87. The molecule has 68 valence electrons. The van der Waals surface area contributed by atoms with E-state index in [9.17, 15) is 0 Å². The van der Waals surface area contributed by atoms with Gasteiger partial charge in [0.05, 0.1) is 18.7 Å². The zero-order chi connectivity index (χ0) is 9.10. The molecule has 0 aliphatic carbocycles. The van der Waals surface area contributed by atoms with Gasteiger partial charge in [-0.1, -0.05) is 0 Å². The fourth-order valence-corrected chi connectivity index (χ4v) is 1.13. The number of nitrogens with one attached hydrogen (secondary N) is 1. The predicted molar refractivity (Wildman–Crippen MR) is 49.2 cm³/mol. The average molecular weight is 177 g/mol. The Bertz CT molecular complexity index is 364. The van der Waals surface area contributed by atoms with Crippen LogP contribution in [0.1, 0.15) is 5.56 Å². The van der Waals surface area contributed by atoms with Gasteiger partial charge in [0.2, 0.25) is 0 Å². The van der Waals surface area contributed by atoms with Crippen LogP contribution in [0.4, 0.5) is 5.82 Å². The SMILES string of the molecule is Cn1nccc1NCc1ccoc1. The van der Waals surface area contributed by atoms with Crippen LogP contribution in [-0.4, -0.2) is 9.78 Å². The molecule has 0 unspecified atom stereocenters. The molecule has 0 saturated heterocycles. The summed E-state index contributed by atoms with van der Waals surface area (Å²) in [6.07, 6.45) is 5.15. The number of hydrogen-bond donors (Lipinski definition) is 1. The van der Waals surface area contributed by atoms with E-state index in [0.29, 0.717) is 0 Å². The maximum atomic E-state index is 4.95. The molecule has 2 aromatic rings. The van der Waals surface area contributed by atoms with Gasteiger partial charge in [-0.3, -0.25) is 4.68 Å². The van der Waals surface area contributed by atoms with Gasteiger partial charge in [-0.2, -0.15) is 5.10 Å². The van der Waals surface area contributed by atoms with Crippen LogP contribution < -0.4 is 5.32 Å². The van der Waals surface area contributed by atoms with E-state index in [0.717, 1.165) is 17.9 Å². The van der Waals surface area contributed by atoms with Gasteiger partial charge in [0.25, 0.3) is 0 Å². The van der Waals surface area contributed by atoms with E-state index >= 15 is 0 Å². The number of nitrogens with zero attached hydrogens (tertiary/aromatic N) is 2. The third-order valence-electron chi connectivity index (χ3n) is 1.87. The normalized spacial score (nSPS) is 10.2. The summed E-state index contributed by atoms with van der Waals surface area (Å²) in [5, 5.41) is 7.28. The molecule has 2 heterocycles. The highest BCUT2D eigenvalue weighted by atomic mass is 16.3. The van der Waals surface area contributed by atoms with Gasteiger partial charge in [0.15, 0.2) is 0 Å². The van der Waals surface area contributed by atoms with Gasteiger partial charge in [-0.15, -0.1) is 0 Å². The molecule has 0 radical (unpaired) electrons. The monoisotopic (exact) mass is 177 g/mol. The van der Waals surface area contributed by atoms with Gasteiger partial charge in [0.1, 0.15) is 5.82 Å². The highest BCUT2D eigenvalue weighted by molar-refractivity contribution is 5.34. The Morgan fingerprint density at radius 2 is 2.46 bits per heavy atom. The van der Waals surface area contributed by atoms with E-state index in [-0.39, 0.29) is 0 Å². The van der Waals surface area contributed by atoms with E-state index < -0.39 is 0 Å². The molecule has 0 atom stereocenters. The predicted octanol–water partition coefficient (Wildman–Crippen LogP) is 1.63. The van der Waals surface area contributed by atoms with Crippen LogP contribution in [0.3, 0.4) is 0 Å². The fraction of sp³-hybridized carbons (Fsp3) is 0.222. The first kappa shape index (κ1) is 7.91. The standard InChI is InChI=1S/C9H11N3O/c1-12-9(2-4-11-12)10-6-8-3-5-13-7-8/h2-5,7,10H,6H2,1H3. The summed E-state index contributed by atoms with van der Waals surface area (Å²) >= 11 is 0. The Balaban J connectivity index is 1.97. The topological polar surface area (TPSA) is 43.0 Å². The summed E-state index contributed by atoms with van der Waals surface area (Å²) in [5.41, 5.74) is 1.13.